The van der Waals surface area contributed by atoms with Crippen LogP contribution in [0.1, 0.15) is 26.2 Å². The van der Waals surface area contributed by atoms with Crippen molar-refractivity contribution in [2.75, 3.05) is 0 Å². The molecule has 11 heavy (non-hydrogen) atoms. The molecule has 64 valence electrons. The number of hydrogen-bond donors (Lipinski definition) is 2. The Morgan fingerprint density at radius 1 is 1.55 bits per heavy atom. The smallest absolute Gasteiger partial charge is 0.0861 e. The van der Waals surface area contributed by atoms with Crippen LogP contribution in [0.5, 0.6) is 0 Å². The third-order valence-corrected chi connectivity index (χ3v) is 2.44. The van der Waals surface area contributed by atoms with Crippen LogP contribution in [0, 0.1) is 5.92 Å². The molecular weight excluding hydrogens is 140 g/mol. The maximum atomic E-state index is 9.49. The van der Waals surface area contributed by atoms with E-state index in [0.717, 1.165) is 24.8 Å². The van der Waals surface area contributed by atoms with E-state index in [2.05, 4.69) is 6.58 Å². The van der Waals surface area contributed by atoms with Gasteiger partial charge in [-0.3, -0.25) is 0 Å². The summed E-state index contributed by atoms with van der Waals surface area (Å²) in [5, 5.41) is 18.6. The third-order valence-electron chi connectivity index (χ3n) is 2.44. The van der Waals surface area contributed by atoms with Crippen molar-refractivity contribution in [2.24, 2.45) is 5.92 Å². The van der Waals surface area contributed by atoms with Gasteiger partial charge in [-0.25, -0.2) is 0 Å². The van der Waals surface area contributed by atoms with Gasteiger partial charge in [-0.2, -0.15) is 0 Å². The van der Waals surface area contributed by atoms with Crippen LogP contribution in [0.25, 0.3) is 0 Å². The predicted molar refractivity (Wildman–Crippen MR) is 44.2 cm³/mol. The lowest BCUT2D eigenvalue weighted by Crippen LogP contribution is -2.30. The maximum absolute atomic E-state index is 9.49. The minimum atomic E-state index is -0.630. The Balaban J connectivity index is 2.52. The lowest BCUT2D eigenvalue weighted by Gasteiger charge is -2.21. The average Bonchev–Trinajstić information content (AvgIpc) is 2.33. The van der Waals surface area contributed by atoms with E-state index in [-0.39, 0.29) is 5.92 Å². The summed E-state index contributed by atoms with van der Waals surface area (Å²) < 4.78 is 0. The molecule has 1 saturated carbocycles. The van der Waals surface area contributed by atoms with Gasteiger partial charge in [0.15, 0.2) is 0 Å². The molecule has 2 nitrogen and oxygen atoms in total. The van der Waals surface area contributed by atoms with Crippen molar-refractivity contribution in [3.05, 3.63) is 12.2 Å². The highest BCUT2D eigenvalue weighted by atomic mass is 16.3. The summed E-state index contributed by atoms with van der Waals surface area (Å²) in [5.74, 6) is 0.134. The molecule has 2 heteroatoms. The van der Waals surface area contributed by atoms with Crippen molar-refractivity contribution >= 4 is 0 Å². The zero-order valence-corrected chi connectivity index (χ0v) is 6.95. The molecule has 0 aromatic rings. The first-order chi connectivity index (χ1) is 5.13. The van der Waals surface area contributed by atoms with Crippen LogP contribution in [0.2, 0.25) is 0 Å². The molecule has 0 spiro atoms. The van der Waals surface area contributed by atoms with Crippen LogP contribution in [-0.2, 0) is 0 Å². The summed E-state index contributed by atoms with van der Waals surface area (Å²) in [7, 11) is 0. The molecule has 1 aliphatic rings. The van der Waals surface area contributed by atoms with E-state index in [4.69, 9.17) is 5.11 Å². The lowest BCUT2D eigenvalue weighted by molar-refractivity contribution is 0.00420. The highest BCUT2D eigenvalue weighted by Crippen LogP contribution is 2.32. The lowest BCUT2D eigenvalue weighted by atomic mass is 9.94. The Labute approximate surface area is 67.6 Å². The minimum absolute atomic E-state index is 0.134. The highest BCUT2D eigenvalue weighted by molar-refractivity contribution is 5.08. The van der Waals surface area contributed by atoms with Crippen molar-refractivity contribution in [3.63, 3.8) is 0 Å². The van der Waals surface area contributed by atoms with Gasteiger partial charge in [-0.15, -0.1) is 0 Å². The highest BCUT2D eigenvalue weighted by Gasteiger charge is 2.28. The first kappa shape index (κ1) is 8.75. The average molecular weight is 156 g/mol. The van der Waals surface area contributed by atoms with Gasteiger partial charge in [0.25, 0.3) is 0 Å². The molecule has 1 fully saturated rings. The second-order valence-corrected chi connectivity index (χ2v) is 3.39. The molecule has 0 heterocycles. The molecule has 0 saturated heterocycles. The topological polar surface area (TPSA) is 40.5 Å². The van der Waals surface area contributed by atoms with Gasteiger partial charge in [-0.1, -0.05) is 12.2 Å². The number of aliphatic hydroxyl groups excluding tert-OH is 2. The summed E-state index contributed by atoms with van der Waals surface area (Å²) in [6.07, 6.45) is 1.85. The van der Waals surface area contributed by atoms with Crippen LogP contribution < -0.4 is 0 Å². The third kappa shape index (κ3) is 1.82. The van der Waals surface area contributed by atoms with Crippen LogP contribution in [-0.4, -0.2) is 22.4 Å². The minimum Gasteiger partial charge on any atom is -0.391 e. The number of hydrogen-bond acceptors (Lipinski definition) is 2. The fourth-order valence-corrected chi connectivity index (χ4v) is 1.69. The fraction of sp³-hybridized carbons (Fsp3) is 0.778. The number of aliphatic hydroxyl groups is 2. The second kappa shape index (κ2) is 3.37. The van der Waals surface area contributed by atoms with Crippen molar-refractivity contribution in [1.82, 2.24) is 0 Å². The zero-order chi connectivity index (χ0) is 8.43. The van der Waals surface area contributed by atoms with Crippen LogP contribution >= 0.6 is 0 Å². The monoisotopic (exact) mass is 156 g/mol. The maximum Gasteiger partial charge on any atom is 0.0861 e. The fourth-order valence-electron chi connectivity index (χ4n) is 1.69. The molecular formula is C9H16O2. The zero-order valence-electron chi connectivity index (χ0n) is 6.95. The van der Waals surface area contributed by atoms with E-state index in [1.807, 2.05) is 0 Å². The summed E-state index contributed by atoms with van der Waals surface area (Å²) in [4.78, 5) is 0. The van der Waals surface area contributed by atoms with E-state index >= 15 is 0 Å². The van der Waals surface area contributed by atoms with Gasteiger partial charge in [0.2, 0.25) is 0 Å². The van der Waals surface area contributed by atoms with E-state index in [9.17, 15) is 5.11 Å². The number of rotatable bonds is 2. The molecule has 0 aliphatic heterocycles. The Morgan fingerprint density at radius 3 is 2.55 bits per heavy atom. The molecule has 1 rings (SSSR count). The standard InChI is InChI=1S/C9H16O2/c1-6-4-3-5-8(6)9(11)7(2)10/h7-11H,1,3-5H2,2H3/t7-,8+,9-/m0/s1. The van der Waals surface area contributed by atoms with Gasteiger partial charge >= 0.3 is 0 Å². The van der Waals surface area contributed by atoms with Gasteiger partial charge in [0.1, 0.15) is 0 Å². The van der Waals surface area contributed by atoms with Crippen LogP contribution in [0.4, 0.5) is 0 Å². The predicted octanol–water partition coefficient (Wildman–Crippen LogP) is 1.08. The van der Waals surface area contributed by atoms with E-state index in [1.165, 1.54) is 0 Å². The normalized spacial score (nSPS) is 30.5. The van der Waals surface area contributed by atoms with Crippen LogP contribution in [0.15, 0.2) is 12.2 Å². The Kier molecular flexibility index (Phi) is 2.68. The second-order valence-electron chi connectivity index (χ2n) is 3.39. The summed E-state index contributed by atoms with van der Waals surface area (Å²) in [6, 6.07) is 0. The van der Waals surface area contributed by atoms with E-state index in [1.54, 1.807) is 6.92 Å². The summed E-state index contributed by atoms with van der Waals surface area (Å²) in [6.45, 7) is 5.49. The van der Waals surface area contributed by atoms with Crippen molar-refractivity contribution in [2.45, 2.75) is 38.4 Å². The SMILES string of the molecule is C=C1CCC[C@H]1[C@@H](O)[C@H](C)O. The Hall–Kier alpha value is -0.340. The molecule has 2 N–H and O–H groups in total. The molecule has 0 aromatic carbocycles. The molecule has 0 unspecified atom stereocenters. The molecule has 1 aliphatic carbocycles. The van der Waals surface area contributed by atoms with Crippen molar-refractivity contribution in [3.8, 4) is 0 Å². The van der Waals surface area contributed by atoms with Crippen molar-refractivity contribution in [1.29, 1.82) is 0 Å². The molecule has 0 amide bonds. The summed E-state index contributed by atoms with van der Waals surface area (Å²) >= 11 is 0. The van der Waals surface area contributed by atoms with Gasteiger partial charge < -0.3 is 10.2 Å². The summed E-state index contributed by atoms with van der Waals surface area (Å²) in [5.41, 5.74) is 1.10. The Bertz CT molecular complexity index is 152. The largest absolute Gasteiger partial charge is 0.391 e. The molecule has 0 aromatic heterocycles. The quantitative estimate of drug-likeness (QED) is 0.587. The van der Waals surface area contributed by atoms with E-state index in [0.29, 0.717) is 0 Å². The molecule has 0 bridgehead atoms. The van der Waals surface area contributed by atoms with Gasteiger partial charge in [0, 0.05) is 5.92 Å². The van der Waals surface area contributed by atoms with Gasteiger partial charge in [0.05, 0.1) is 12.2 Å². The first-order valence-electron chi connectivity index (χ1n) is 4.16. The Morgan fingerprint density at radius 2 is 2.18 bits per heavy atom. The van der Waals surface area contributed by atoms with Crippen LogP contribution in [0.3, 0.4) is 0 Å². The molecule has 0 radical (unpaired) electrons. The van der Waals surface area contributed by atoms with E-state index < -0.39 is 12.2 Å². The molecule has 3 atom stereocenters. The van der Waals surface area contributed by atoms with Gasteiger partial charge in [-0.05, 0) is 26.2 Å². The van der Waals surface area contributed by atoms with Crippen molar-refractivity contribution < 1.29 is 10.2 Å². The first-order valence-corrected chi connectivity index (χ1v) is 4.16.